The van der Waals surface area contributed by atoms with Crippen molar-refractivity contribution in [1.29, 1.82) is 0 Å². The van der Waals surface area contributed by atoms with Crippen LogP contribution in [0, 0.1) is 0 Å². The van der Waals surface area contributed by atoms with Crippen LogP contribution in [0.1, 0.15) is 0 Å². The maximum absolute atomic E-state index is 9.89. The summed E-state index contributed by atoms with van der Waals surface area (Å²) in [6.07, 6.45) is -16.1. The molecule has 1 heterocycles. The molecule has 0 aromatic carbocycles. The summed E-state index contributed by atoms with van der Waals surface area (Å²) in [5.41, 5.74) is 5.66. The Morgan fingerprint density at radius 3 is 1.70 bits per heavy atom. The highest BCUT2D eigenvalue weighted by Gasteiger charge is 2.52. The quantitative estimate of drug-likeness (QED) is 0.236. The highest BCUT2D eigenvalue weighted by Crippen LogP contribution is 2.28. The second-order valence-corrected chi connectivity index (χ2v) is 5.84. The molecule has 1 aliphatic carbocycles. The average molecular weight is 341 g/mol. The van der Waals surface area contributed by atoms with Gasteiger partial charge in [-0.25, -0.2) is 0 Å². The van der Waals surface area contributed by atoms with E-state index in [2.05, 4.69) is 0 Å². The predicted octanol–water partition coefficient (Wildman–Crippen LogP) is -6.04. The van der Waals surface area contributed by atoms with Crippen molar-refractivity contribution >= 4 is 0 Å². The number of nitrogens with two attached hydrogens (primary N) is 1. The zero-order valence-electron chi connectivity index (χ0n) is 12.0. The van der Waals surface area contributed by atoms with Crippen LogP contribution in [0.3, 0.4) is 0 Å². The van der Waals surface area contributed by atoms with Gasteiger partial charge in [0.05, 0.1) is 12.6 Å². The van der Waals surface area contributed by atoms with E-state index in [-0.39, 0.29) is 0 Å². The third-order valence-electron chi connectivity index (χ3n) is 4.29. The number of aliphatic hydroxyl groups is 8. The number of hydrogen-bond donors (Lipinski definition) is 9. The Labute approximate surface area is 131 Å². The Bertz CT molecular complexity index is 382. The molecule has 0 aromatic heterocycles. The number of ether oxygens (including phenoxy) is 2. The summed E-state index contributed by atoms with van der Waals surface area (Å²) >= 11 is 0. The molecule has 0 aromatic rings. The van der Waals surface area contributed by atoms with Crippen LogP contribution < -0.4 is 5.73 Å². The second kappa shape index (κ2) is 7.21. The summed E-state index contributed by atoms with van der Waals surface area (Å²) in [6.45, 7) is -0.648. The highest BCUT2D eigenvalue weighted by atomic mass is 16.7. The molecule has 0 bridgehead atoms. The Morgan fingerprint density at radius 1 is 0.739 bits per heavy atom. The summed E-state index contributed by atoms with van der Waals surface area (Å²) in [6, 6.07) is -1.28. The maximum Gasteiger partial charge on any atom is 0.176 e. The first-order chi connectivity index (χ1) is 10.7. The van der Waals surface area contributed by atoms with Crippen LogP contribution in [0.15, 0.2) is 0 Å². The van der Waals surface area contributed by atoms with Crippen molar-refractivity contribution in [2.75, 3.05) is 6.61 Å². The first kappa shape index (κ1) is 18.9. The van der Waals surface area contributed by atoms with E-state index in [1.165, 1.54) is 0 Å². The molecule has 2 rings (SSSR count). The topological polar surface area (TPSA) is 206 Å². The van der Waals surface area contributed by atoms with Gasteiger partial charge < -0.3 is 56.1 Å². The van der Waals surface area contributed by atoms with Crippen LogP contribution in [0.4, 0.5) is 0 Å². The standard InChI is InChI=1S/C12H23NO10/c13-3-5(16)4(15)2(1-14)22-12(3)23-11-9(20)7(18)6(17)8(19)10(11)21/h2-12,14-21H,1,13H2/t2-,3-,4-,5-,6?,7-,8-,9-,10+,11?,12+/m1/s1. The molecule has 2 unspecified atom stereocenters. The lowest BCUT2D eigenvalue weighted by Gasteiger charge is -2.46. The highest BCUT2D eigenvalue weighted by molar-refractivity contribution is 5.00. The van der Waals surface area contributed by atoms with E-state index in [0.29, 0.717) is 0 Å². The van der Waals surface area contributed by atoms with Crippen molar-refractivity contribution in [2.24, 2.45) is 5.73 Å². The monoisotopic (exact) mass is 341 g/mol. The molecule has 10 N–H and O–H groups in total. The molecule has 23 heavy (non-hydrogen) atoms. The number of rotatable bonds is 3. The minimum Gasteiger partial charge on any atom is -0.394 e. The molecular weight excluding hydrogens is 318 g/mol. The summed E-state index contributed by atoms with van der Waals surface area (Å²) in [4.78, 5) is 0. The molecule has 0 amide bonds. The van der Waals surface area contributed by atoms with Gasteiger partial charge >= 0.3 is 0 Å². The van der Waals surface area contributed by atoms with Crippen molar-refractivity contribution in [3.63, 3.8) is 0 Å². The van der Waals surface area contributed by atoms with E-state index in [9.17, 15) is 35.7 Å². The summed E-state index contributed by atoms with van der Waals surface area (Å²) in [5.74, 6) is 0. The molecule has 2 fully saturated rings. The van der Waals surface area contributed by atoms with E-state index in [0.717, 1.165) is 0 Å². The molecule has 1 aliphatic heterocycles. The zero-order valence-corrected chi connectivity index (χ0v) is 12.0. The maximum atomic E-state index is 9.89. The lowest BCUT2D eigenvalue weighted by atomic mass is 9.84. The molecule has 0 radical (unpaired) electrons. The minimum absolute atomic E-state index is 0.648. The second-order valence-electron chi connectivity index (χ2n) is 5.84. The van der Waals surface area contributed by atoms with Gasteiger partial charge in [0.1, 0.15) is 54.9 Å². The Hall–Kier alpha value is -0.440. The SMILES string of the molecule is N[C@H]1[C@H](OC2[C@@H](O)[C@H](O)C(O)[C@@H](O)[C@H]2O)O[C@H](CO)[C@@H](O)[C@@H]1O. The molecule has 1 saturated carbocycles. The molecular formula is C12H23NO10. The normalized spacial score (nSPS) is 54.9. The van der Waals surface area contributed by atoms with Crippen molar-refractivity contribution in [1.82, 2.24) is 0 Å². The first-order valence-corrected chi connectivity index (χ1v) is 7.14. The zero-order chi connectivity index (χ0) is 17.5. The van der Waals surface area contributed by atoms with Gasteiger partial charge in [-0.1, -0.05) is 0 Å². The fraction of sp³-hybridized carbons (Fsp3) is 1.00. The summed E-state index contributed by atoms with van der Waals surface area (Å²) < 4.78 is 10.4. The lowest BCUT2D eigenvalue weighted by Crippen LogP contribution is -2.68. The van der Waals surface area contributed by atoms with Gasteiger partial charge in [0.25, 0.3) is 0 Å². The van der Waals surface area contributed by atoms with Crippen molar-refractivity contribution < 1.29 is 50.3 Å². The largest absolute Gasteiger partial charge is 0.394 e. The summed E-state index contributed by atoms with van der Waals surface area (Å²) in [7, 11) is 0. The van der Waals surface area contributed by atoms with Crippen LogP contribution in [0.2, 0.25) is 0 Å². The number of hydrogen-bond acceptors (Lipinski definition) is 11. The minimum atomic E-state index is -1.79. The molecule has 0 spiro atoms. The Morgan fingerprint density at radius 2 is 1.22 bits per heavy atom. The third kappa shape index (κ3) is 3.36. The van der Waals surface area contributed by atoms with Gasteiger partial charge in [-0.05, 0) is 0 Å². The van der Waals surface area contributed by atoms with Gasteiger partial charge in [0.15, 0.2) is 6.29 Å². The Balaban J connectivity index is 2.13. The molecule has 11 nitrogen and oxygen atoms in total. The third-order valence-corrected chi connectivity index (χ3v) is 4.29. The van der Waals surface area contributed by atoms with Gasteiger partial charge in [-0.2, -0.15) is 0 Å². The van der Waals surface area contributed by atoms with Crippen molar-refractivity contribution in [3.8, 4) is 0 Å². The molecule has 2 aliphatic rings. The van der Waals surface area contributed by atoms with Crippen molar-refractivity contribution in [3.05, 3.63) is 0 Å². The van der Waals surface area contributed by atoms with Crippen LogP contribution in [0.5, 0.6) is 0 Å². The summed E-state index contributed by atoms with van der Waals surface area (Å²) in [5, 5.41) is 77.1. The van der Waals surface area contributed by atoms with E-state index in [1.807, 2.05) is 0 Å². The number of aliphatic hydroxyl groups excluding tert-OH is 8. The van der Waals surface area contributed by atoms with E-state index < -0.39 is 73.9 Å². The van der Waals surface area contributed by atoms with Crippen LogP contribution >= 0.6 is 0 Å². The molecule has 136 valence electrons. The lowest BCUT2D eigenvalue weighted by molar-refractivity contribution is -0.316. The van der Waals surface area contributed by atoms with Gasteiger partial charge in [-0.3, -0.25) is 0 Å². The van der Waals surface area contributed by atoms with E-state index in [1.54, 1.807) is 0 Å². The first-order valence-electron chi connectivity index (χ1n) is 7.14. The Kier molecular flexibility index (Phi) is 5.92. The smallest absolute Gasteiger partial charge is 0.176 e. The van der Waals surface area contributed by atoms with Crippen molar-refractivity contribution in [2.45, 2.75) is 67.3 Å². The van der Waals surface area contributed by atoms with Gasteiger partial charge in [0.2, 0.25) is 0 Å². The van der Waals surface area contributed by atoms with Crippen LogP contribution in [-0.2, 0) is 9.47 Å². The van der Waals surface area contributed by atoms with E-state index >= 15 is 0 Å². The van der Waals surface area contributed by atoms with E-state index in [4.69, 9.17) is 20.3 Å². The molecule has 1 saturated heterocycles. The predicted molar refractivity (Wildman–Crippen MR) is 70.6 cm³/mol. The van der Waals surface area contributed by atoms with Crippen LogP contribution in [-0.4, -0.2) is 115 Å². The van der Waals surface area contributed by atoms with Gasteiger partial charge in [0, 0.05) is 0 Å². The van der Waals surface area contributed by atoms with Crippen LogP contribution in [0.25, 0.3) is 0 Å². The average Bonchev–Trinajstić information content (AvgIpc) is 2.54. The fourth-order valence-corrected chi connectivity index (χ4v) is 2.74. The van der Waals surface area contributed by atoms with Gasteiger partial charge in [-0.15, -0.1) is 0 Å². The molecule has 11 atom stereocenters. The molecule has 11 heteroatoms. The fourth-order valence-electron chi connectivity index (χ4n) is 2.74.